The number of nitrogens with zero attached hydrogens (tertiary/aromatic N) is 2. The molecule has 0 aliphatic heterocycles. The second-order valence-electron chi connectivity index (χ2n) is 5.57. The molecule has 0 aliphatic rings. The zero-order valence-electron chi connectivity index (χ0n) is 14.2. The lowest BCUT2D eigenvalue weighted by atomic mass is 10.1. The molecule has 0 aliphatic carbocycles. The number of pyridine rings is 1. The van der Waals surface area contributed by atoms with Crippen molar-refractivity contribution in [1.82, 2.24) is 15.0 Å². The molecule has 0 atom stereocenters. The van der Waals surface area contributed by atoms with Gasteiger partial charge in [-0.2, -0.15) is 13.2 Å². The van der Waals surface area contributed by atoms with Crippen molar-refractivity contribution in [3.63, 3.8) is 0 Å². The molecule has 142 valence electrons. The Balaban J connectivity index is 2.22. The first-order valence-electron chi connectivity index (χ1n) is 7.77. The lowest BCUT2D eigenvalue weighted by Crippen LogP contribution is -2.14. The molecule has 2 aromatic heterocycles. The largest absolute Gasteiger partial charge is 0.417 e. The fourth-order valence-corrected chi connectivity index (χ4v) is 2.65. The van der Waals surface area contributed by atoms with Crippen LogP contribution in [0.15, 0.2) is 41.3 Å². The summed E-state index contributed by atoms with van der Waals surface area (Å²) >= 11 is 5.64. The third-order valence-corrected chi connectivity index (χ3v) is 3.97. The maximum atomic E-state index is 14.5. The van der Waals surface area contributed by atoms with E-state index < -0.39 is 39.5 Å². The van der Waals surface area contributed by atoms with Gasteiger partial charge in [0.2, 0.25) is 0 Å². The summed E-state index contributed by atoms with van der Waals surface area (Å²) in [7, 11) is 0. The zero-order valence-corrected chi connectivity index (χ0v) is 14.9. The number of hydrogen-bond donors (Lipinski definition) is 1. The van der Waals surface area contributed by atoms with Crippen molar-refractivity contribution in [3.05, 3.63) is 68.8 Å². The van der Waals surface area contributed by atoms with E-state index in [1.54, 1.807) is 13.0 Å². The van der Waals surface area contributed by atoms with Gasteiger partial charge in [-0.3, -0.25) is 9.78 Å². The van der Waals surface area contributed by atoms with E-state index in [4.69, 9.17) is 11.6 Å². The van der Waals surface area contributed by atoms with Gasteiger partial charge in [0.1, 0.15) is 5.82 Å². The Labute approximate surface area is 161 Å². The molecule has 0 spiro atoms. The Morgan fingerprint density at radius 3 is 2.50 bits per heavy atom. The molecule has 0 amide bonds. The normalized spacial score (nSPS) is 11.1. The van der Waals surface area contributed by atoms with Crippen LogP contribution in [-0.2, 0) is 6.18 Å². The van der Waals surface area contributed by atoms with E-state index in [2.05, 4.69) is 26.8 Å². The molecule has 0 bridgehead atoms. The molecular formula is C19H10ClF4N3O. The van der Waals surface area contributed by atoms with Crippen LogP contribution in [0.1, 0.15) is 18.1 Å². The molecule has 1 aromatic carbocycles. The minimum Gasteiger partial charge on any atom is -0.306 e. The molecule has 3 aromatic rings. The third-order valence-electron chi connectivity index (χ3n) is 3.67. The highest BCUT2D eigenvalue weighted by molar-refractivity contribution is 6.31. The summed E-state index contributed by atoms with van der Waals surface area (Å²) in [6.07, 6.45) is -3.45. The van der Waals surface area contributed by atoms with Crippen LogP contribution >= 0.6 is 11.6 Å². The highest BCUT2D eigenvalue weighted by Crippen LogP contribution is 2.39. The second-order valence-corrected chi connectivity index (χ2v) is 5.98. The second kappa shape index (κ2) is 7.44. The smallest absolute Gasteiger partial charge is 0.306 e. The monoisotopic (exact) mass is 407 g/mol. The van der Waals surface area contributed by atoms with Crippen molar-refractivity contribution in [1.29, 1.82) is 0 Å². The Bertz CT molecular complexity index is 1160. The van der Waals surface area contributed by atoms with Crippen molar-refractivity contribution in [2.75, 3.05) is 0 Å². The summed E-state index contributed by atoms with van der Waals surface area (Å²) in [5.41, 5.74) is -2.22. The van der Waals surface area contributed by atoms with E-state index in [9.17, 15) is 22.4 Å². The Morgan fingerprint density at radius 2 is 1.89 bits per heavy atom. The number of halogens is 5. The van der Waals surface area contributed by atoms with Gasteiger partial charge in [0, 0.05) is 17.8 Å². The van der Waals surface area contributed by atoms with E-state index in [0.29, 0.717) is 11.6 Å². The molecule has 0 radical (unpaired) electrons. The van der Waals surface area contributed by atoms with E-state index in [0.717, 1.165) is 12.1 Å². The van der Waals surface area contributed by atoms with Gasteiger partial charge in [-0.1, -0.05) is 17.5 Å². The van der Waals surface area contributed by atoms with Crippen molar-refractivity contribution in [3.8, 4) is 34.6 Å². The van der Waals surface area contributed by atoms with Gasteiger partial charge < -0.3 is 4.98 Å². The van der Waals surface area contributed by atoms with E-state index in [1.807, 2.05) is 0 Å². The summed E-state index contributed by atoms with van der Waals surface area (Å²) < 4.78 is 54.5. The van der Waals surface area contributed by atoms with Crippen LogP contribution in [0.4, 0.5) is 17.6 Å². The Morgan fingerprint density at radius 1 is 1.14 bits per heavy atom. The van der Waals surface area contributed by atoms with Crippen LogP contribution in [0.25, 0.3) is 22.8 Å². The van der Waals surface area contributed by atoms with Crippen LogP contribution in [-0.4, -0.2) is 15.0 Å². The summed E-state index contributed by atoms with van der Waals surface area (Å²) in [6, 6.07) is 5.59. The van der Waals surface area contributed by atoms with E-state index in [-0.39, 0.29) is 11.4 Å². The zero-order chi connectivity index (χ0) is 20.5. The minimum absolute atomic E-state index is 0.0257. The molecule has 0 saturated heterocycles. The molecule has 28 heavy (non-hydrogen) atoms. The molecule has 4 nitrogen and oxygen atoms in total. The van der Waals surface area contributed by atoms with Crippen LogP contribution < -0.4 is 5.56 Å². The first-order valence-corrected chi connectivity index (χ1v) is 8.14. The highest BCUT2D eigenvalue weighted by Gasteiger charge is 2.36. The minimum atomic E-state index is -4.88. The van der Waals surface area contributed by atoms with Gasteiger partial charge in [0.05, 0.1) is 27.5 Å². The van der Waals surface area contributed by atoms with Crippen molar-refractivity contribution in [2.24, 2.45) is 0 Å². The first-order chi connectivity index (χ1) is 13.2. The van der Waals surface area contributed by atoms with Gasteiger partial charge in [-0.05, 0) is 31.2 Å². The van der Waals surface area contributed by atoms with E-state index in [1.165, 1.54) is 12.3 Å². The van der Waals surface area contributed by atoms with Gasteiger partial charge >= 0.3 is 6.18 Å². The summed E-state index contributed by atoms with van der Waals surface area (Å²) in [6.45, 7) is 1.65. The third kappa shape index (κ3) is 3.89. The molecule has 2 heterocycles. The molecule has 3 rings (SSSR count). The molecule has 9 heteroatoms. The average molecular weight is 408 g/mol. The van der Waals surface area contributed by atoms with Crippen LogP contribution in [0.2, 0.25) is 5.02 Å². The number of hydrogen-bond acceptors (Lipinski definition) is 3. The SMILES string of the molecule is CC#Cc1ccc(-c2cc(=O)[nH]c(-c3c(C(F)(F)F)ccc(Cl)c3F)n2)nc1. The van der Waals surface area contributed by atoms with Gasteiger partial charge in [0.25, 0.3) is 5.56 Å². The van der Waals surface area contributed by atoms with Gasteiger partial charge in [-0.25, -0.2) is 9.37 Å². The number of alkyl halides is 3. The predicted molar refractivity (Wildman–Crippen MR) is 96.0 cm³/mol. The summed E-state index contributed by atoms with van der Waals surface area (Å²) in [4.78, 5) is 22.2. The maximum Gasteiger partial charge on any atom is 0.417 e. The fraction of sp³-hybridized carbons (Fsp3) is 0.105. The Kier molecular flexibility index (Phi) is 5.21. The fourth-order valence-electron chi connectivity index (χ4n) is 2.49. The van der Waals surface area contributed by atoms with Crippen molar-refractivity contribution < 1.29 is 17.6 Å². The predicted octanol–water partition coefficient (Wildman–Crippen LogP) is 4.68. The molecule has 1 N–H and O–H groups in total. The van der Waals surface area contributed by atoms with Gasteiger partial charge in [-0.15, -0.1) is 5.92 Å². The van der Waals surface area contributed by atoms with Crippen LogP contribution in [0, 0.1) is 17.7 Å². The number of aromatic nitrogens is 3. The number of aromatic amines is 1. The highest BCUT2D eigenvalue weighted by atomic mass is 35.5. The standard InChI is InChI=1S/C19H10ClF4N3O/c1-2-3-10-4-7-13(25-9-10)14-8-15(28)27-18(26-14)16-11(19(22,23)24)5-6-12(20)17(16)21/h4-9H,1H3,(H,26,27,28). The number of rotatable bonds is 2. The molecule has 0 fully saturated rings. The van der Waals surface area contributed by atoms with Gasteiger partial charge in [0.15, 0.2) is 5.82 Å². The first kappa shape index (κ1) is 19.6. The van der Waals surface area contributed by atoms with E-state index >= 15 is 0 Å². The summed E-state index contributed by atoms with van der Waals surface area (Å²) in [5, 5.41) is -0.531. The maximum absolute atomic E-state index is 14.5. The molecule has 0 saturated carbocycles. The number of benzene rings is 1. The number of H-pyrrole nitrogens is 1. The molecule has 0 unspecified atom stereocenters. The molecular weight excluding hydrogens is 398 g/mol. The Hall–Kier alpha value is -3.18. The van der Waals surface area contributed by atoms with Crippen molar-refractivity contribution in [2.45, 2.75) is 13.1 Å². The topological polar surface area (TPSA) is 58.6 Å². The van der Waals surface area contributed by atoms with Crippen LogP contribution in [0.5, 0.6) is 0 Å². The van der Waals surface area contributed by atoms with Crippen LogP contribution in [0.3, 0.4) is 0 Å². The lowest BCUT2D eigenvalue weighted by Gasteiger charge is -2.14. The number of nitrogens with one attached hydrogen (secondary N) is 1. The quantitative estimate of drug-likeness (QED) is 0.495. The lowest BCUT2D eigenvalue weighted by molar-refractivity contribution is -0.137. The summed E-state index contributed by atoms with van der Waals surface area (Å²) in [5.74, 6) is 3.54. The average Bonchev–Trinajstić information content (AvgIpc) is 2.63. The van der Waals surface area contributed by atoms with Crippen molar-refractivity contribution >= 4 is 11.6 Å².